The van der Waals surface area contributed by atoms with Crippen LogP contribution in [0.1, 0.15) is 39.0 Å². The molecule has 0 saturated carbocycles. The summed E-state index contributed by atoms with van der Waals surface area (Å²) in [5.41, 5.74) is -0.314. The molecular weight excluding hydrogens is 188 g/mol. The number of aliphatic hydroxyl groups is 2. The molecule has 1 aliphatic rings. The van der Waals surface area contributed by atoms with E-state index >= 15 is 0 Å². The van der Waals surface area contributed by atoms with Gasteiger partial charge in [-0.05, 0) is 19.3 Å². The maximum absolute atomic E-state index is 9.85. The molecule has 0 aliphatic heterocycles. The maximum Gasteiger partial charge on any atom is 0.0557 e. The summed E-state index contributed by atoms with van der Waals surface area (Å²) in [5.74, 6) is 0. The first-order valence-corrected chi connectivity index (χ1v) is 5.87. The summed E-state index contributed by atoms with van der Waals surface area (Å²) >= 11 is 0. The molecule has 0 aromatic rings. The van der Waals surface area contributed by atoms with Crippen molar-refractivity contribution in [3.05, 3.63) is 24.3 Å². The molecular formula is C13H22O2. The van der Waals surface area contributed by atoms with Gasteiger partial charge in [0, 0.05) is 5.41 Å². The van der Waals surface area contributed by atoms with Crippen LogP contribution < -0.4 is 0 Å². The van der Waals surface area contributed by atoms with E-state index in [4.69, 9.17) is 0 Å². The van der Waals surface area contributed by atoms with E-state index in [-0.39, 0.29) is 18.1 Å². The summed E-state index contributed by atoms with van der Waals surface area (Å²) in [6.45, 7) is 2.21. The average Bonchev–Trinajstić information content (AvgIpc) is 2.27. The van der Waals surface area contributed by atoms with Crippen molar-refractivity contribution in [2.45, 2.75) is 45.1 Å². The minimum absolute atomic E-state index is 0.0865. The Kier molecular flexibility index (Phi) is 5.06. The molecule has 15 heavy (non-hydrogen) atoms. The van der Waals surface area contributed by atoms with Crippen LogP contribution in [-0.2, 0) is 0 Å². The van der Waals surface area contributed by atoms with Crippen LogP contribution in [0.15, 0.2) is 24.3 Å². The quantitative estimate of drug-likeness (QED) is 0.661. The van der Waals surface area contributed by atoms with Gasteiger partial charge in [-0.1, -0.05) is 44.1 Å². The van der Waals surface area contributed by atoms with Gasteiger partial charge in [-0.25, -0.2) is 0 Å². The summed E-state index contributed by atoms with van der Waals surface area (Å²) in [5, 5.41) is 19.3. The molecule has 2 heteroatoms. The van der Waals surface area contributed by atoms with E-state index < -0.39 is 0 Å². The standard InChI is InChI=1S/C13H22O2/c1-2-3-7-12(15)10-13(11-14)8-5-4-6-9-13/h5-6,8-9,12,14-15H,2-4,7,10-11H2,1H3/t12-/m0/s1. The van der Waals surface area contributed by atoms with E-state index in [1.807, 2.05) is 12.2 Å². The summed E-state index contributed by atoms with van der Waals surface area (Å²) in [6, 6.07) is 0. The highest BCUT2D eigenvalue weighted by molar-refractivity contribution is 5.18. The number of hydrogen-bond acceptors (Lipinski definition) is 2. The van der Waals surface area contributed by atoms with Gasteiger partial charge in [0.1, 0.15) is 0 Å². The highest BCUT2D eigenvalue weighted by Gasteiger charge is 2.27. The van der Waals surface area contributed by atoms with Crippen molar-refractivity contribution in [1.29, 1.82) is 0 Å². The lowest BCUT2D eigenvalue weighted by Gasteiger charge is -2.29. The number of rotatable bonds is 6. The van der Waals surface area contributed by atoms with Gasteiger partial charge in [-0.15, -0.1) is 0 Å². The van der Waals surface area contributed by atoms with E-state index in [1.54, 1.807) is 0 Å². The number of hydrogen-bond donors (Lipinski definition) is 2. The number of aliphatic hydroxyl groups excluding tert-OH is 2. The van der Waals surface area contributed by atoms with Gasteiger partial charge in [0.2, 0.25) is 0 Å². The lowest BCUT2D eigenvalue weighted by atomic mass is 9.79. The summed E-state index contributed by atoms with van der Waals surface area (Å²) in [7, 11) is 0. The van der Waals surface area contributed by atoms with Gasteiger partial charge in [0.05, 0.1) is 12.7 Å². The Bertz CT molecular complexity index is 219. The van der Waals surface area contributed by atoms with Gasteiger partial charge in [0.25, 0.3) is 0 Å². The van der Waals surface area contributed by atoms with Crippen molar-refractivity contribution in [3.63, 3.8) is 0 Å². The van der Waals surface area contributed by atoms with Crippen LogP contribution in [-0.4, -0.2) is 22.9 Å². The predicted octanol–water partition coefficient (Wildman–Crippen LogP) is 2.42. The van der Waals surface area contributed by atoms with Crippen LogP contribution in [0.3, 0.4) is 0 Å². The Labute approximate surface area is 92.3 Å². The molecule has 1 aliphatic carbocycles. The fourth-order valence-electron chi connectivity index (χ4n) is 2.03. The van der Waals surface area contributed by atoms with E-state index in [0.717, 1.165) is 25.7 Å². The smallest absolute Gasteiger partial charge is 0.0557 e. The molecule has 0 aromatic carbocycles. The van der Waals surface area contributed by atoms with E-state index in [2.05, 4.69) is 19.1 Å². The second kappa shape index (κ2) is 6.09. The van der Waals surface area contributed by atoms with Crippen molar-refractivity contribution in [3.8, 4) is 0 Å². The van der Waals surface area contributed by atoms with E-state index in [1.165, 1.54) is 0 Å². The third-order valence-corrected chi connectivity index (χ3v) is 2.97. The van der Waals surface area contributed by atoms with Crippen LogP contribution >= 0.6 is 0 Å². The molecule has 2 nitrogen and oxygen atoms in total. The Morgan fingerprint density at radius 1 is 1.33 bits per heavy atom. The van der Waals surface area contributed by atoms with E-state index in [0.29, 0.717) is 6.42 Å². The molecule has 1 atom stereocenters. The topological polar surface area (TPSA) is 40.5 Å². The zero-order chi connectivity index (χ0) is 11.1. The van der Waals surface area contributed by atoms with Gasteiger partial charge < -0.3 is 10.2 Å². The molecule has 1 rings (SSSR count). The molecule has 86 valence electrons. The lowest BCUT2D eigenvalue weighted by Crippen LogP contribution is -2.27. The van der Waals surface area contributed by atoms with Crippen molar-refractivity contribution in [1.82, 2.24) is 0 Å². The normalized spacial score (nSPS) is 20.5. The van der Waals surface area contributed by atoms with Crippen molar-refractivity contribution < 1.29 is 10.2 Å². The molecule has 0 spiro atoms. The lowest BCUT2D eigenvalue weighted by molar-refractivity contribution is 0.0939. The summed E-state index contributed by atoms with van der Waals surface area (Å²) in [4.78, 5) is 0. The first-order chi connectivity index (χ1) is 7.22. The molecule has 0 radical (unpaired) electrons. The first kappa shape index (κ1) is 12.5. The Balaban J connectivity index is 2.48. The third-order valence-electron chi connectivity index (χ3n) is 2.97. The second-order valence-corrected chi connectivity index (χ2v) is 4.43. The molecule has 0 bridgehead atoms. The van der Waals surface area contributed by atoms with Gasteiger partial charge >= 0.3 is 0 Å². The molecule has 0 fully saturated rings. The molecule has 2 N–H and O–H groups in total. The fraction of sp³-hybridized carbons (Fsp3) is 0.692. The zero-order valence-electron chi connectivity index (χ0n) is 9.52. The van der Waals surface area contributed by atoms with Crippen LogP contribution in [0.25, 0.3) is 0 Å². The number of allylic oxidation sites excluding steroid dienone is 2. The second-order valence-electron chi connectivity index (χ2n) is 4.43. The van der Waals surface area contributed by atoms with Crippen LogP contribution in [0, 0.1) is 5.41 Å². The maximum atomic E-state index is 9.85. The van der Waals surface area contributed by atoms with Gasteiger partial charge in [-0.3, -0.25) is 0 Å². The van der Waals surface area contributed by atoms with Crippen molar-refractivity contribution >= 4 is 0 Å². The average molecular weight is 210 g/mol. The molecule has 0 saturated heterocycles. The molecule has 0 aromatic heterocycles. The Morgan fingerprint density at radius 2 is 2.00 bits per heavy atom. The molecule has 0 unspecified atom stereocenters. The predicted molar refractivity (Wildman–Crippen MR) is 62.6 cm³/mol. The minimum Gasteiger partial charge on any atom is -0.395 e. The van der Waals surface area contributed by atoms with Crippen LogP contribution in [0.4, 0.5) is 0 Å². The summed E-state index contributed by atoms with van der Waals surface area (Å²) < 4.78 is 0. The van der Waals surface area contributed by atoms with Crippen LogP contribution in [0.5, 0.6) is 0 Å². The monoisotopic (exact) mass is 210 g/mol. The van der Waals surface area contributed by atoms with Crippen molar-refractivity contribution in [2.75, 3.05) is 6.61 Å². The molecule has 0 heterocycles. The molecule has 0 amide bonds. The fourth-order valence-corrected chi connectivity index (χ4v) is 2.03. The highest BCUT2D eigenvalue weighted by Crippen LogP contribution is 2.31. The largest absolute Gasteiger partial charge is 0.395 e. The Morgan fingerprint density at radius 3 is 2.53 bits per heavy atom. The van der Waals surface area contributed by atoms with E-state index in [9.17, 15) is 10.2 Å². The van der Waals surface area contributed by atoms with Crippen molar-refractivity contribution in [2.24, 2.45) is 5.41 Å². The Hall–Kier alpha value is -0.600. The third kappa shape index (κ3) is 3.80. The van der Waals surface area contributed by atoms with Gasteiger partial charge in [-0.2, -0.15) is 0 Å². The first-order valence-electron chi connectivity index (χ1n) is 5.87. The zero-order valence-corrected chi connectivity index (χ0v) is 9.52. The number of unbranched alkanes of at least 4 members (excludes halogenated alkanes) is 1. The highest BCUT2D eigenvalue weighted by atomic mass is 16.3. The SMILES string of the molecule is CCCC[C@H](O)CC1(CO)C=CCC=C1. The summed E-state index contributed by atoms with van der Waals surface area (Å²) in [6.07, 6.45) is 12.4. The van der Waals surface area contributed by atoms with Gasteiger partial charge in [0.15, 0.2) is 0 Å². The van der Waals surface area contributed by atoms with Crippen LogP contribution in [0.2, 0.25) is 0 Å². The minimum atomic E-state index is -0.314.